The smallest absolute Gasteiger partial charge is 0.0541 e. The van der Waals surface area contributed by atoms with E-state index in [1.807, 2.05) is 0 Å². The van der Waals surface area contributed by atoms with Gasteiger partial charge in [0.1, 0.15) is 0 Å². The first kappa shape index (κ1) is 15.0. The Labute approximate surface area is 153 Å². The van der Waals surface area contributed by atoms with E-state index in [9.17, 15) is 0 Å². The SMILES string of the molecule is Cc1cccc(-c2cccc(-n3c4ccccc4c4ccccc43)c2)c1. The molecule has 0 N–H and O–H groups in total. The molecular formula is C25H19N. The van der Waals surface area contributed by atoms with Crippen LogP contribution in [0.15, 0.2) is 97.1 Å². The van der Waals surface area contributed by atoms with Gasteiger partial charge in [0.2, 0.25) is 0 Å². The summed E-state index contributed by atoms with van der Waals surface area (Å²) in [4.78, 5) is 0. The molecule has 0 spiro atoms. The van der Waals surface area contributed by atoms with E-state index in [4.69, 9.17) is 0 Å². The molecule has 0 saturated heterocycles. The van der Waals surface area contributed by atoms with Gasteiger partial charge in [0.25, 0.3) is 0 Å². The van der Waals surface area contributed by atoms with Crippen LogP contribution in [0.4, 0.5) is 0 Å². The van der Waals surface area contributed by atoms with Crippen molar-refractivity contribution in [1.82, 2.24) is 4.57 Å². The molecule has 1 heterocycles. The van der Waals surface area contributed by atoms with Crippen molar-refractivity contribution >= 4 is 21.8 Å². The second kappa shape index (κ2) is 5.89. The Hall–Kier alpha value is -3.32. The van der Waals surface area contributed by atoms with E-state index in [-0.39, 0.29) is 0 Å². The molecule has 0 aliphatic heterocycles. The van der Waals surface area contributed by atoms with Crippen LogP contribution < -0.4 is 0 Å². The van der Waals surface area contributed by atoms with Gasteiger partial charge < -0.3 is 4.57 Å². The number of rotatable bonds is 2. The van der Waals surface area contributed by atoms with Crippen LogP contribution in [0.1, 0.15) is 5.56 Å². The van der Waals surface area contributed by atoms with Crippen LogP contribution in [0.5, 0.6) is 0 Å². The highest BCUT2D eigenvalue weighted by molar-refractivity contribution is 6.09. The number of para-hydroxylation sites is 2. The van der Waals surface area contributed by atoms with Gasteiger partial charge in [-0.05, 0) is 42.3 Å². The number of fused-ring (bicyclic) bond motifs is 3. The van der Waals surface area contributed by atoms with Gasteiger partial charge in [-0.1, -0.05) is 78.4 Å². The topological polar surface area (TPSA) is 4.93 Å². The average Bonchev–Trinajstić information content (AvgIpc) is 3.03. The van der Waals surface area contributed by atoms with Gasteiger partial charge in [-0.15, -0.1) is 0 Å². The number of aromatic nitrogens is 1. The van der Waals surface area contributed by atoms with Crippen molar-refractivity contribution in [2.75, 3.05) is 0 Å². The molecule has 0 amide bonds. The highest BCUT2D eigenvalue weighted by Gasteiger charge is 2.11. The maximum absolute atomic E-state index is 2.37. The van der Waals surface area contributed by atoms with Crippen LogP contribution in [0, 0.1) is 6.92 Å². The lowest BCUT2D eigenvalue weighted by atomic mass is 10.0. The standard InChI is InChI=1S/C25H19N/c1-18-8-6-9-19(16-18)20-10-7-11-21(17-20)26-24-14-4-2-12-22(24)23-13-3-5-15-25(23)26/h2-17H,1H3. The van der Waals surface area contributed by atoms with Gasteiger partial charge in [0.05, 0.1) is 11.0 Å². The highest BCUT2D eigenvalue weighted by Crippen LogP contribution is 2.33. The summed E-state index contributed by atoms with van der Waals surface area (Å²) >= 11 is 0. The third kappa shape index (κ3) is 2.33. The Balaban J connectivity index is 1.79. The summed E-state index contributed by atoms with van der Waals surface area (Å²) in [5.41, 5.74) is 7.47. The molecule has 1 heteroatoms. The molecule has 26 heavy (non-hydrogen) atoms. The maximum atomic E-state index is 2.37. The van der Waals surface area contributed by atoms with Crippen LogP contribution in [-0.4, -0.2) is 4.57 Å². The Morgan fingerprint density at radius 2 is 1.12 bits per heavy atom. The molecule has 124 valence electrons. The fourth-order valence-electron chi connectivity index (χ4n) is 3.85. The molecule has 0 bridgehead atoms. The van der Waals surface area contributed by atoms with Gasteiger partial charge in [-0.25, -0.2) is 0 Å². The van der Waals surface area contributed by atoms with Crippen LogP contribution in [0.25, 0.3) is 38.6 Å². The quantitative estimate of drug-likeness (QED) is 0.336. The zero-order valence-corrected chi connectivity index (χ0v) is 14.7. The molecule has 0 aliphatic rings. The van der Waals surface area contributed by atoms with E-state index in [1.54, 1.807) is 0 Å². The van der Waals surface area contributed by atoms with Crippen molar-refractivity contribution in [2.24, 2.45) is 0 Å². The van der Waals surface area contributed by atoms with Crippen molar-refractivity contribution in [3.8, 4) is 16.8 Å². The average molecular weight is 333 g/mol. The van der Waals surface area contributed by atoms with Crippen LogP contribution in [0.3, 0.4) is 0 Å². The first-order chi connectivity index (χ1) is 12.8. The molecule has 0 radical (unpaired) electrons. The summed E-state index contributed by atoms with van der Waals surface area (Å²) < 4.78 is 2.37. The predicted molar refractivity (Wildman–Crippen MR) is 111 cm³/mol. The summed E-state index contributed by atoms with van der Waals surface area (Å²) in [7, 11) is 0. The molecule has 5 rings (SSSR count). The lowest BCUT2D eigenvalue weighted by molar-refractivity contribution is 1.18. The molecule has 0 saturated carbocycles. The summed E-state index contributed by atoms with van der Waals surface area (Å²) in [5.74, 6) is 0. The van der Waals surface area contributed by atoms with Crippen molar-refractivity contribution in [3.63, 3.8) is 0 Å². The third-order valence-electron chi connectivity index (χ3n) is 5.04. The molecule has 0 aliphatic carbocycles. The van der Waals surface area contributed by atoms with Gasteiger partial charge in [-0.2, -0.15) is 0 Å². The normalized spacial score (nSPS) is 11.3. The largest absolute Gasteiger partial charge is 0.309 e. The summed E-state index contributed by atoms with van der Waals surface area (Å²) in [6, 6.07) is 34.8. The van der Waals surface area contributed by atoms with E-state index >= 15 is 0 Å². The lowest BCUT2D eigenvalue weighted by Gasteiger charge is -2.10. The zero-order chi connectivity index (χ0) is 17.5. The number of benzene rings is 4. The van der Waals surface area contributed by atoms with Crippen LogP contribution >= 0.6 is 0 Å². The van der Waals surface area contributed by atoms with Gasteiger partial charge >= 0.3 is 0 Å². The Kier molecular flexibility index (Phi) is 3.39. The van der Waals surface area contributed by atoms with Crippen LogP contribution in [0.2, 0.25) is 0 Å². The number of hydrogen-bond donors (Lipinski definition) is 0. The molecule has 0 atom stereocenters. The molecule has 1 aromatic heterocycles. The lowest BCUT2D eigenvalue weighted by Crippen LogP contribution is -1.94. The first-order valence-corrected chi connectivity index (χ1v) is 8.97. The van der Waals surface area contributed by atoms with E-state index in [2.05, 4.69) is 109 Å². The fraction of sp³-hybridized carbons (Fsp3) is 0.0400. The van der Waals surface area contributed by atoms with Gasteiger partial charge in [-0.3, -0.25) is 0 Å². The van der Waals surface area contributed by atoms with E-state index < -0.39 is 0 Å². The summed E-state index contributed by atoms with van der Waals surface area (Å²) in [5, 5.41) is 2.59. The second-order valence-corrected chi connectivity index (χ2v) is 6.79. The molecule has 5 aromatic rings. The summed E-state index contributed by atoms with van der Waals surface area (Å²) in [6.45, 7) is 2.14. The minimum absolute atomic E-state index is 1.20. The predicted octanol–water partition coefficient (Wildman–Crippen LogP) is 6.76. The van der Waals surface area contributed by atoms with Crippen molar-refractivity contribution < 1.29 is 0 Å². The van der Waals surface area contributed by atoms with Crippen molar-refractivity contribution in [2.45, 2.75) is 6.92 Å². The number of aryl methyl sites for hydroxylation is 1. The first-order valence-electron chi connectivity index (χ1n) is 8.97. The Bertz CT molecular complexity index is 1190. The van der Waals surface area contributed by atoms with E-state index in [1.165, 1.54) is 44.2 Å². The molecular weight excluding hydrogens is 314 g/mol. The molecule has 4 aromatic carbocycles. The maximum Gasteiger partial charge on any atom is 0.0541 e. The van der Waals surface area contributed by atoms with Gasteiger partial charge in [0.15, 0.2) is 0 Å². The zero-order valence-electron chi connectivity index (χ0n) is 14.7. The second-order valence-electron chi connectivity index (χ2n) is 6.79. The van der Waals surface area contributed by atoms with Crippen LogP contribution in [-0.2, 0) is 0 Å². The number of nitrogens with zero attached hydrogens (tertiary/aromatic N) is 1. The third-order valence-corrected chi connectivity index (χ3v) is 5.04. The minimum atomic E-state index is 1.20. The number of hydrogen-bond acceptors (Lipinski definition) is 0. The monoisotopic (exact) mass is 333 g/mol. The highest BCUT2D eigenvalue weighted by atomic mass is 15.0. The van der Waals surface area contributed by atoms with Crippen molar-refractivity contribution in [1.29, 1.82) is 0 Å². The minimum Gasteiger partial charge on any atom is -0.309 e. The molecule has 1 nitrogen and oxygen atoms in total. The molecule has 0 fully saturated rings. The molecule has 0 unspecified atom stereocenters. The van der Waals surface area contributed by atoms with E-state index in [0.717, 1.165) is 0 Å². The van der Waals surface area contributed by atoms with Gasteiger partial charge in [0, 0.05) is 16.5 Å². The Morgan fingerprint density at radius 3 is 1.77 bits per heavy atom. The Morgan fingerprint density at radius 1 is 0.538 bits per heavy atom. The fourth-order valence-corrected chi connectivity index (χ4v) is 3.85. The summed E-state index contributed by atoms with van der Waals surface area (Å²) in [6.07, 6.45) is 0. The van der Waals surface area contributed by atoms with Crippen molar-refractivity contribution in [3.05, 3.63) is 103 Å². The van der Waals surface area contributed by atoms with E-state index in [0.29, 0.717) is 0 Å².